The van der Waals surface area contributed by atoms with Gasteiger partial charge >= 0.3 is 6.18 Å². The first-order valence-electron chi connectivity index (χ1n) is 10.9. The quantitative estimate of drug-likeness (QED) is 0.505. The van der Waals surface area contributed by atoms with Crippen molar-refractivity contribution in [1.29, 1.82) is 0 Å². The molecule has 5 rings (SSSR count). The zero-order valence-electron chi connectivity index (χ0n) is 18.6. The summed E-state index contributed by atoms with van der Waals surface area (Å²) in [5.41, 5.74) is -0.344. The van der Waals surface area contributed by atoms with E-state index in [1.807, 2.05) is 0 Å². The van der Waals surface area contributed by atoms with Gasteiger partial charge in [0.15, 0.2) is 11.5 Å². The Balaban J connectivity index is 1.48. The molecule has 1 saturated heterocycles. The fourth-order valence-electron chi connectivity index (χ4n) is 4.31. The summed E-state index contributed by atoms with van der Waals surface area (Å²) in [6, 6.07) is 0.164. The Morgan fingerprint density at radius 1 is 1.11 bits per heavy atom. The van der Waals surface area contributed by atoms with Gasteiger partial charge in [-0.1, -0.05) is 0 Å². The van der Waals surface area contributed by atoms with Crippen molar-refractivity contribution in [2.24, 2.45) is 0 Å². The summed E-state index contributed by atoms with van der Waals surface area (Å²) in [5.74, 6) is -5.34. The lowest BCUT2D eigenvalue weighted by Gasteiger charge is -2.18. The number of carbonyl (C=O) groups excluding carboxylic acids is 2. The summed E-state index contributed by atoms with van der Waals surface area (Å²) in [6.45, 7) is -0.856. The van der Waals surface area contributed by atoms with Gasteiger partial charge in [-0.2, -0.15) is 18.3 Å². The first-order valence-corrected chi connectivity index (χ1v) is 10.9. The number of aromatic nitrogens is 3. The van der Waals surface area contributed by atoms with Crippen LogP contribution in [0.5, 0.6) is 0 Å². The number of nitrogen functional groups attached to an aromatic ring is 1. The normalized spacial score (nSPS) is 20.9. The van der Waals surface area contributed by atoms with Crippen LogP contribution in [0.1, 0.15) is 28.8 Å². The molecule has 0 spiro atoms. The Bertz CT molecular complexity index is 1440. The van der Waals surface area contributed by atoms with Gasteiger partial charge in [-0.3, -0.25) is 9.59 Å². The second kappa shape index (κ2) is 8.31. The number of alkyl halides is 5. The van der Waals surface area contributed by atoms with Crippen LogP contribution in [0.2, 0.25) is 0 Å². The van der Waals surface area contributed by atoms with Gasteiger partial charge in [0.1, 0.15) is 29.7 Å². The minimum atomic E-state index is -4.93. The third-order valence-electron chi connectivity index (χ3n) is 6.39. The number of rotatable bonds is 4. The minimum absolute atomic E-state index is 0.0148. The predicted octanol–water partition coefficient (Wildman–Crippen LogP) is 3.06. The molecule has 0 radical (unpaired) electrons. The number of halogens is 7. The van der Waals surface area contributed by atoms with Crippen LogP contribution < -0.4 is 11.1 Å². The number of fused-ring (bicyclic) bond motifs is 1. The van der Waals surface area contributed by atoms with Crippen molar-refractivity contribution in [2.45, 2.75) is 36.9 Å². The average molecular weight is 530 g/mol. The molecule has 2 aromatic heterocycles. The lowest BCUT2D eigenvalue weighted by molar-refractivity contribution is -0.137. The second-order valence-electron chi connectivity index (χ2n) is 8.93. The molecule has 2 aliphatic rings. The summed E-state index contributed by atoms with van der Waals surface area (Å²) in [4.78, 5) is 29.4. The van der Waals surface area contributed by atoms with E-state index < -0.39 is 87.8 Å². The van der Waals surface area contributed by atoms with Crippen LogP contribution in [0.3, 0.4) is 0 Å². The van der Waals surface area contributed by atoms with E-state index in [1.54, 1.807) is 0 Å². The van der Waals surface area contributed by atoms with Crippen molar-refractivity contribution in [2.75, 3.05) is 18.8 Å². The van der Waals surface area contributed by atoms with Gasteiger partial charge in [0.25, 0.3) is 11.8 Å². The molecule has 0 bridgehead atoms. The monoisotopic (exact) mass is 530 g/mol. The van der Waals surface area contributed by atoms with E-state index in [9.17, 15) is 40.3 Å². The molecule has 1 saturated carbocycles. The topological polar surface area (TPSA) is 106 Å². The second-order valence-corrected chi connectivity index (χ2v) is 8.93. The number of nitrogens with zero attached hydrogens (tertiary/aromatic N) is 4. The van der Waals surface area contributed by atoms with Crippen LogP contribution in [0, 0.1) is 11.6 Å². The molecule has 2 fully saturated rings. The highest BCUT2D eigenvalue weighted by atomic mass is 19.4. The molecule has 0 unspecified atom stereocenters. The smallest absolute Gasteiger partial charge is 0.382 e. The number of carbonyl (C=O) groups is 2. The first-order chi connectivity index (χ1) is 17.3. The third kappa shape index (κ3) is 4.21. The lowest BCUT2D eigenvalue weighted by Crippen LogP contribution is -2.43. The Kier molecular flexibility index (Phi) is 5.56. The largest absolute Gasteiger partial charge is 0.418 e. The summed E-state index contributed by atoms with van der Waals surface area (Å²) in [5, 5.41) is 5.87. The minimum Gasteiger partial charge on any atom is -0.382 e. The van der Waals surface area contributed by atoms with E-state index in [0.717, 1.165) is 11.2 Å². The molecule has 3 heterocycles. The molecular weight excluding hydrogens is 513 g/mol. The highest BCUT2D eigenvalue weighted by Gasteiger charge is 2.54. The maximum atomic E-state index is 14.8. The number of nitrogens with two attached hydrogens (primary N) is 1. The lowest BCUT2D eigenvalue weighted by atomic mass is 10.0. The van der Waals surface area contributed by atoms with E-state index in [1.165, 1.54) is 0 Å². The molecule has 196 valence electrons. The molecule has 3 aromatic rings. The SMILES string of the molecule is Nc1ncnn2c(-c3cc(C(=O)N[C@@H]4CN(C(=O)C5(F)CC5)C[C@@H]4F)c(F)cc3F)cc(C(F)(F)F)c12. The number of hydrogen-bond acceptors (Lipinski definition) is 5. The third-order valence-corrected chi connectivity index (χ3v) is 6.39. The van der Waals surface area contributed by atoms with E-state index in [0.29, 0.717) is 22.7 Å². The number of likely N-dealkylation sites (tertiary alicyclic amines) is 1. The highest BCUT2D eigenvalue weighted by molar-refractivity contribution is 5.96. The van der Waals surface area contributed by atoms with Crippen molar-refractivity contribution in [3.8, 4) is 11.3 Å². The van der Waals surface area contributed by atoms with Crippen LogP contribution >= 0.6 is 0 Å². The molecule has 1 aliphatic heterocycles. The van der Waals surface area contributed by atoms with E-state index >= 15 is 0 Å². The molecule has 1 aliphatic carbocycles. The zero-order valence-corrected chi connectivity index (χ0v) is 18.6. The Labute approximate surface area is 203 Å². The van der Waals surface area contributed by atoms with Crippen LogP contribution in [0.15, 0.2) is 24.5 Å². The van der Waals surface area contributed by atoms with Crippen molar-refractivity contribution < 1.29 is 40.3 Å². The van der Waals surface area contributed by atoms with E-state index in [4.69, 9.17) is 5.73 Å². The molecule has 2 amide bonds. The van der Waals surface area contributed by atoms with Crippen LogP contribution in [0.4, 0.5) is 36.6 Å². The fourth-order valence-corrected chi connectivity index (χ4v) is 4.31. The summed E-state index contributed by atoms with van der Waals surface area (Å²) >= 11 is 0. The molecule has 3 N–H and O–H groups in total. The number of amides is 2. The molecule has 1 aromatic carbocycles. The van der Waals surface area contributed by atoms with Gasteiger partial charge in [-0.15, -0.1) is 0 Å². The van der Waals surface area contributed by atoms with E-state index in [2.05, 4.69) is 15.4 Å². The zero-order chi connectivity index (χ0) is 26.9. The van der Waals surface area contributed by atoms with Crippen molar-refractivity contribution in [1.82, 2.24) is 24.8 Å². The molecule has 8 nitrogen and oxygen atoms in total. The van der Waals surface area contributed by atoms with Crippen LogP contribution in [-0.4, -0.2) is 62.3 Å². The van der Waals surface area contributed by atoms with Gasteiger partial charge in [-0.05, 0) is 25.0 Å². The maximum Gasteiger partial charge on any atom is 0.418 e. The predicted molar refractivity (Wildman–Crippen MR) is 114 cm³/mol. The number of nitrogens with one attached hydrogen (secondary N) is 1. The van der Waals surface area contributed by atoms with Crippen molar-refractivity contribution in [3.05, 3.63) is 47.3 Å². The Morgan fingerprint density at radius 2 is 1.81 bits per heavy atom. The van der Waals surface area contributed by atoms with Gasteiger partial charge in [-0.25, -0.2) is 27.1 Å². The summed E-state index contributed by atoms with van der Waals surface area (Å²) in [6.07, 6.45) is -5.86. The van der Waals surface area contributed by atoms with Crippen LogP contribution in [0.25, 0.3) is 16.8 Å². The van der Waals surface area contributed by atoms with Gasteiger partial charge < -0.3 is 16.0 Å². The highest BCUT2D eigenvalue weighted by Crippen LogP contribution is 2.42. The Hall–Kier alpha value is -3.91. The standard InChI is InChI=1S/C22H17F7N6O2/c23-12-5-13(24)10(19(36)33-15-7-34(6-14(15)25)20(37)21(26)1-2-21)3-9(12)16-4-11(22(27,28)29)17-18(30)31-8-32-35(16)17/h3-5,8,14-15H,1-2,6-7H2,(H,33,36)(H2,30,31,32)/t14-,15+/m0/s1. The van der Waals surface area contributed by atoms with Gasteiger partial charge in [0.2, 0.25) is 0 Å². The van der Waals surface area contributed by atoms with Crippen molar-refractivity contribution >= 4 is 23.1 Å². The van der Waals surface area contributed by atoms with Crippen molar-refractivity contribution in [3.63, 3.8) is 0 Å². The maximum absolute atomic E-state index is 14.8. The summed E-state index contributed by atoms with van der Waals surface area (Å²) < 4.78 is 99.3. The molecular formula is C22H17F7N6O2. The van der Waals surface area contributed by atoms with Gasteiger partial charge in [0.05, 0.1) is 29.4 Å². The molecule has 2 atom stereocenters. The molecule has 15 heteroatoms. The molecule has 37 heavy (non-hydrogen) atoms. The number of anilines is 1. The van der Waals surface area contributed by atoms with Gasteiger partial charge in [0, 0.05) is 18.2 Å². The average Bonchev–Trinajstić information content (AvgIpc) is 3.27. The number of benzene rings is 1. The number of hydrogen-bond donors (Lipinski definition) is 2. The first kappa shape index (κ1) is 24.8. The Morgan fingerprint density at radius 3 is 2.46 bits per heavy atom. The summed E-state index contributed by atoms with van der Waals surface area (Å²) in [7, 11) is 0. The fraction of sp³-hybridized carbons (Fsp3) is 0.364. The van der Waals surface area contributed by atoms with Crippen LogP contribution in [-0.2, 0) is 11.0 Å². The van der Waals surface area contributed by atoms with E-state index in [-0.39, 0.29) is 19.4 Å².